The number of carbonyl (C=O) groups is 4. The Labute approximate surface area is 408 Å². The molecule has 0 aliphatic carbocycles. The lowest BCUT2D eigenvalue weighted by Crippen LogP contribution is -2.50. The average Bonchev–Trinajstić information content (AvgIpc) is 4.03. The maximum absolute atomic E-state index is 13.7. The number of piperidine rings is 4. The highest BCUT2D eigenvalue weighted by molar-refractivity contribution is 6.01. The molecule has 18 nitrogen and oxygen atoms in total. The van der Waals surface area contributed by atoms with E-state index in [9.17, 15) is 29.5 Å². The Morgan fingerprint density at radius 1 is 0.943 bits per heavy atom. The number of imide groups is 1. The van der Waals surface area contributed by atoms with E-state index in [1.165, 1.54) is 0 Å². The van der Waals surface area contributed by atoms with Gasteiger partial charge in [-0.15, -0.1) is 0 Å². The third kappa shape index (κ3) is 9.84. The number of carbonyl (C=O) groups excluding carboxylic acids is 4. The number of rotatable bonds is 13. The molecular weight excluding hydrogens is 887 g/mol. The molecule has 4 saturated heterocycles. The molecule has 1 aromatic carbocycles. The number of hydrogen-bond acceptors (Lipinski definition) is 13. The number of pyridine rings is 1. The van der Waals surface area contributed by atoms with Crippen molar-refractivity contribution in [1.29, 1.82) is 5.26 Å². The van der Waals surface area contributed by atoms with Crippen LogP contribution in [0.25, 0.3) is 33.6 Å². The number of nitriles is 1. The Balaban J connectivity index is 0.806. The van der Waals surface area contributed by atoms with Gasteiger partial charge in [0.05, 0.1) is 53.5 Å². The van der Waals surface area contributed by atoms with E-state index in [-0.39, 0.29) is 54.0 Å². The number of likely N-dealkylation sites (tertiary alicyclic amines) is 1. The number of nitrogens with zero attached hydrogens (tertiary/aromatic N) is 10. The Kier molecular flexibility index (Phi) is 13.5. The third-order valence-electron chi connectivity index (χ3n) is 14.9. The fourth-order valence-electron chi connectivity index (χ4n) is 10.5. The summed E-state index contributed by atoms with van der Waals surface area (Å²) in [6.45, 7) is 15.9. The van der Waals surface area contributed by atoms with Gasteiger partial charge in [0.2, 0.25) is 23.6 Å². The summed E-state index contributed by atoms with van der Waals surface area (Å²) >= 11 is 0. The summed E-state index contributed by atoms with van der Waals surface area (Å²) in [5, 5.41) is 39.8. The maximum Gasteiger partial charge on any atom is 0.249 e. The number of allylic oxidation sites excluding steroid dienone is 1. The van der Waals surface area contributed by atoms with E-state index in [0.717, 1.165) is 71.8 Å². The van der Waals surface area contributed by atoms with Gasteiger partial charge in [-0.25, -0.2) is 14.5 Å². The molecule has 4 fully saturated rings. The molecule has 366 valence electrons. The maximum atomic E-state index is 13.7. The minimum atomic E-state index is -1.12. The lowest BCUT2D eigenvalue weighted by Gasteiger charge is -2.41. The van der Waals surface area contributed by atoms with Gasteiger partial charge >= 0.3 is 0 Å². The molecule has 0 saturated carbocycles. The zero-order valence-electron chi connectivity index (χ0n) is 40.6. The van der Waals surface area contributed by atoms with Gasteiger partial charge in [0.25, 0.3) is 0 Å². The van der Waals surface area contributed by atoms with Crippen molar-refractivity contribution < 1.29 is 24.3 Å². The van der Waals surface area contributed by atoms with Crippen molar-refractivity contribution in [2.45, 2.75) is 116 Å². The van der Waals surface area contributed by atoms with Crippen LogP contribution in [0.15, 0.2) is 67.9 Å². The summed E-state index contributed by atoms with van der Waals surface area (Å²) in [5.74, 6) is 0.319. The minimum absolute atomic E-state index is 0.0498. The summed E-state index contributed by atoms with van der Waals surface area (Å²) in [7, 11) is 0. The first-order valence-corrected chi connectivity index (χ1v) is 24.7. The molecule has 18 heteroatoms. The normalized spacial score (nSPS) is 19.5. The van der Waals surface area contributed by atoms with Crippen LogP contribution in [0, 0.1) is 16.7 Å². The van der Waals surface area contributed by atoms with E-state index in [1.807, 2.05) is 73.1 Å². The Bertz CT molecular complexity index is 2840. The summed E-state index contributed by atoms with van der Waals surface area (Å²) < 4.78 is 3.63. The molecule has 4 N–H and O–H groups in total. The van der Waals surface area contributed by atoms with Crippen molar-refractivity contribution in [2.75, 3.05) is 54.4 Å². The van der Waals surface area contributed by atoms with Gasteiger partial charge in [0, 0.05) is 92.2 Å². The van der Waals surface area contributed by atoms with Crippen LogP contribution in [0.2, 0.25) is 0 Å². The lowest BCUT2D eigenvalue weighted by atomic mass is 9.75. The van der Waals surface area contributed by atoms with Crippen LogP contribution < -0.4 is 25.8 Å². The van der Waals surface area contributed by atoms with Crippen LogP contribution in [-0.4, -0.2) is 120 Å². The van der Waals surface area contributed by atoms with E-state index in [1.54, 1.807) is 23.1 Å². The smallest absolute Gasteiger partial charge is 0.249 e. The van der Waals surface area contributed by atoms with Crippen LogP contribution >= 0.6 is 0 Å². The van der Waals surface area contributed by atoms with Crippen molar-refractivity contribution in [2.24, 2.45) is 5.41 Å². The number of fused-ring (bicyclic) bond motifs is 1. The van der Waals surface area contributed by atoms with Gasteiger partial charge in [-0.1, -0.05) is 13.5 Å². The van der Waals surface area contributed by atoms with E-state index in [0.29, 0.717) is 80.8 Å². The van der Waals surface area contributed by atoms with Crippen LogP contribution in [0.5, 0.6) is 0 Å². The molecule has 0 spiro atoms. The van der Waals surface area contributed by atoms with Crippen molar-refractivity contribution in [3.63, 3.8) is 0 Å². The highest BCUT2D eigenvalue weighted by Crippen LogP contribution is 2.39. The highest BCUT2D eigenvalue weighted by Gasteiger charge is 2.41. The van der Waals surface area contributed by atoms with Gasteiger partial charge in [-0.05, 0) is 108 Å². The summed E-state index contributed by atoms with van der Waals surface area (Å²) in [4.78, 5) is 67.1. The first kappa shape index (κ1) is 47.9. The van der Waals surface area contributed by atoms with E-state index in [2.05, 4.69) is 50.4 Å². The number of hydrogen-bond donors (Lipinski definition) is 4. The second-order valence-electron chi connectivity index (χ2n) is 20.0. The quantitative estimate of drug-likeness (QED) is 0.102. The van der Waals surface area contributed by atoms with Gasteiger partial charge in [0.1, 0.15) is 29.0 Å². The molecule has 4 aliphatic heterocycles. The second-order valence-corrected chi connectivity index (χ2v) is 20.0. The molecule has 5 aromatic rings. The summed E-state index contributed by atoms with van der Waals surface area (Å²) in [5.41, 5.74) is 5.80. The van der Waals surface area contributed by atoms with E-state index in [4.69, 9.17) is 15.1 Å². The van der Waals surface area contributed by atoms with Crippen molar-refractivity contribution in [1.82, 2.24) is 44.9 Å². The third-order valence-corrected chi connectivity index (χ3v) is 14.9. The number of anilines is 3. The molecule has 0 unspecified atom stereocenters. The molecular formula is C52H63N13O5. The Hall–Kier alpha value is -7.13. The molecule has 8 heterocycles. The van der Waals surface area contributed by atoms with Gasteiger partial charge in [-0.2, -0.15) is 15.5 Å². The number of nitrogens with one attached hydrogen (secondary N) is 3. The molecule has 4 aromatic heterocycles. The number of aromatic nitrogens is 6. The molecule has 4 aliphatic rings. The highest BCUT2D eigenvalue weighted by atomic mass is 16.3. The second kappa shape index (κ2) is 19.7. The number of aliphatic hydroxyl groups is 1. The van der Waals surface area contributed by atoms with Gasteiger partial charge in [0.15, 0.2) is 0 Å². The van der Waals surface area contributed by atoms with Gasteiger partial charge in [-0.3, -0.25) is 29.2 Å². The number of benzene rings is 1. The minimum Gasteiger partial charge on any atom is -0.389 e. The van der Waals surface area contributed by atoms with Crippen LogP contribution in [0.4, 0.5) is 17.2 Å². The van der Waals surface area contributed by atoms with Crippen molar-refractivity contribution in [3.8, 4) is 28.6 Å². The van der Waals surface area contributed by atoms with Crippen LogP contribution in [0.1, 0.15) is 109 Å². The molecule has 0 bridgehead atoms. The average molecular weight is 950 g/mol. The predicted molar refractivity (Wildman–Crippen MR) is 266 cm³/mol. The van der Waals surface area contributed by atoms with Crippen molar-refractivity contribution in [3.05, 3.63) is 79.0 Å². The summed E-state index contributed by atoms with van der Waals surface area (Å²) in [6, 6.07) is 11.8. The zero-order valence-corrected chi connectivity index (χ0v) is 40.6. The fourth-order valence-corrected chi connectivity index (χ4v) is 10.5. The predicted octanol–water partition coefficient (Wildman–Crippen LogP) is 5.88. The number of amides is 4. The monoisotopic (exact) mass is 950 g/mol. The lowest BCUT2D eigenvalue weighted by molar-refractivity contribution is -0.139. The summed E-state index contributed by atoms with van der Waals surface area (Å²) in [6.07, 6.45) is 14.3. The molecule has 0 radical (unpaired) electrons. The Morgan fingerprint density at radius 3 is 2.34 bits per heavy atom. The van der Waals surface area contributed by atoms with Crippen LogP contribution in [0.3, 0.4) is 0 Å². The van der Waals surface area contributed by atoms with E-state index < -0.39 is 11.6 Å². The fraction of sp³-hybridized carbons (Fsp3) is 0.481. The van der Waals surface area contributed by atoms with Crippen LogP contribution in [-0.2, 0) is 19.2 Å². The standard InChI is InChI=1S/C52H63N13O5/c1-6-51(50(69)57-34(4)5)15-21-62(22-16-51)44-11-7-35(28-54-44)47-48-36(27-53)29-56-65(48)32-42(59-47)37-30-55-64(31-37)39-13-19-63(20-14-39)46(67)26-52(70)17-23-61(24-18-52)43-10-8-38(25-40(43)33(2)3)58-41-9-12-45(66)60-49(41)68/h7-8,10-11,25,28-32,34,39,41,58,70H,2,6,9,12-24,26H2,1,3-5H3,(H,57,69)(H,60,66,68)/t41-/m1/s1. The largest absolute Gasteiger partial charge is 0.389 e. The van der Waals surface area contributed by atoms with E-state index >= 15 is 0 Å². The first-order chi connectivity index (χ1) is 33.6. The molecule has 9 rings (SSSR count). The van der Waals surface area contributed by atoms with Crippen molar-refractivity contribution >= 4 is 51.9 Å². The molecule has 4 amide bonds. The molecule has 70 heavy (non-hydrogen) atoms. The first-order valence-electron chi connectivity index (χ1n) is 24.7. The Morgan fingerprint density at radius 2 is 1.69 bits per heavy atom. The van der Waals surface area contributed by atoms with Gasteiger partial charge < -0.3 is 30.4 Å². The molecule has 1 atom stereocenters. The zero-order chi connectivity index (χ0) is 49.3. The SMILES string of the molecule is C=C(C)c1cc(N[C@@H]2CCC(=O)NC2=O)ccc1N1CCC(O)(CC(=O)N2CCC(n3cc(-c4cn5ncc(C#N)c5c(-c5ccc(N6CCC(CC)(C(=O)NC(C)C)CC6)nc5)n4)cn3)CC2)CC1. The topological polar surface area (TPSA) is 219 Å².